The van der Waals surface area contributed by atoms with Gasteiger partial charge in [-0.1, -0.05) is 44.2 Å². The molecule has 0 saturated heterocycles. The van der Waals surface area contributed by atoms with Crippen molar-refractivity contribution in [3.8, 4) is 0 Å². The number of hydrogen-bond acceptors (Lipinski definition) is 3. The van der Waals surface area contributed by atoms with Crippen LogP contribution in [0.25, 0.3) is 0 Å². The fourth-order valence-corrected chi connectivity index (χ4v) is 6.18. The quantitative estimate of drug-likeness (QED) is 0.571. The Labute approximate surface area is 139 Å². The van der Waals surface area contributed by atoms with Crippen LogP contribution in [0.5, 0.6) is 0 Å². The molecule has 124 valence electrons. The van der Waals surface area contributed by atoms with Gasteiger partial charge < -0.3 is 4.74 Å². The number of methoxy groups -OCH3 is 1. The molecule has 3 heteroatoms. The number of nitrogens with zero attached hydrogens (tertiary/aromatic N) is 1. The summed E-state index contributed by atoms with van der Waals surface area (Å²) in [5, 5.41) is 3.70. The predicted octanol–water partition coefficient (Wildman–Crippen LogP) is 4.92. The summed E-state index contributed by atoms with van der Waals surface area (Å²) in [5.74, 6) is 2.08. The molecule has 2 fully saturated rings. The van der Waals surface area contributed by atoms with E-state index in [-0.39, 0.29) is 11.5 Å². The molecule has 0 aromatic rings. The van der Waals surface area contributed by atoms with Crippen molar-refractivity contribution in [2.75, 3.05) is 7.11 Å². The summed E-state index contributed by atoms with van der Waals surface area (Å²) in [6.45, 7) is 4.85. The highest BCUT2D eigenvalue weighted by Crippen LogP contribution is 2.63. The molecule has 0 spiro atoms. The van der Waals surface area contributed by atoms with Gasteiger partial charge in [-0.05, 0) is 54.4 Å². The topological polar surface area (TPSA) is 45.4 Å². The SMILES string of the molecule is CO[C@@H]1CC[C@H]2[C@@H]3C=CC4=CC(N=N)C=C[C@]4(C)[C@H]3CC[C@]12C. The van der Waals surface area contributed by atoms with Gasteiger partial charge in [-0.2, -0.15) is 5.11 Å². The Bertz CT molecular complexity index is 607. The van der Waals surface area contributed by atoms with Crippen LogP contribution in [0.2, 0.25) is 0 Å². The van der Waals surface area contributed by atoms with Crippen LogP contribution >= 0.6 is 0 Å². The minimum Gasteiger partial charge on any atom is -0.381 e. The fourth-order valence-electron chi connectivity index (χ4n) is 6.18. The maximum absolute atomic E-state index is 7.31. The first-order valence-corrected chi connectivity index (χ1v) is 9.02. The van der Waals surface area contributed by atoms with Crippen LogP contribution in [-0.4, -0.2) is 19.3 Å². The predicted molar refractivity (Wildman–Crippen MR) is 91.2 cm³/mol. The Hall–Kier alpha value is -1.22. The van der Waals surface area contributed by atoms with Crippen molar-refractivity contribution < 1.29 is 4.74 Å². The number of allylic oxidation sites excluding steroid dienone is 4. The summed E-state index contributed by atoms with van der Waals surface area (Å²) >= 11 is 0. The lowest BCUT2D eigenvalue weighted by molar-refractivity contribution is -0.0556. The molecule has 0 aromatic heterocycles. The van der Waals surface area contributed by atoms with Crippen molar-refractivity contribution in [1.82, 2.24) is 0 Å². The van der Waals surface area contributed by atoms with Crippen molar-refractivity contribution in [1.29, 1.82) is 5.53 Å². The molecule has 0 aliphatic heterocycles. The van der Waals surface area contributed by atoms with Crippen LogP contribution in [-0.2, 0) is 4.74 Å². The van der Waals surface area contributed by atoms with E-state index in [4.69, 9.17) is 10.3 Å². The van der Waals surface area contributed by atoms with Gasteiger partial charge in [0.1, 0.15) is 6.04 Å². The number of nitrogens with one attached hydrogen (secondary N) is 1. The third-order valence-electron chi connectivity index (χ3n) is 7.56. The molecule has 0 aromatic carbocycles. The van der Waals surface area contributed by atoms with Crippen LogP contribution in [0, 0.1) is 34.1 Å². The Balaban J connectivity index is 1.71. The van der Waals surface area contributed by atoms with Gasteiger partial charge in [-0.25, -0.2) is 5.53 Å². The van der Waals surface area contributed by atoms with Crippen molar-refractivity contribution in [3.63, 3.8) is 0 Å². The zero-order valence-electron chi connectivity index (χ0n) is 14.5. The number of rotatable bonds is 2. The Kier molecular flexibility index (Phi) is 3.42. The van der Waals surface area contributed by atoms with Gasteiger partial charge >= 0.3 is 0 Å². The maximum atomic E-state index is 7.31. The highest BCUT2D eigenvalue weighted by Gasteiger charge is 2.57. The second kappa shape index (κ2) is 5.14. The van der Waals surface area contributed by atoms with Gasteiger partial charge in [-0.15, -0.1) is 0 Å². The average Bonchev–Trinajstić information content (AvgIpc) is 2.90. The van der Waals surface area contributed by atoms with Gasteiger partial charge in [-0.3, -0.25) is 0 Å². The number of fused-ring (bicyclic) bond motifs is 5. The third-order valence-corrected chi connectivity index (χ3v) is 7.56. The minimum atomic E-state index is -0.0718. The second-order valence-electron chi connectivity index (χ2n) is 8.38. The van der Waals surface area contributed by atoms with Gasteiger partial charge in [0, 0.05) is 12.5 Å². The largest absolute Gasteiger partial charge is 0.381 e. The summed E-state index contributed by atoms with van der Waals surface area (Å²) in [6, 6.07) is -0.0718. The van der Waals surface area contributed by atoms with Crippen LogP contribution in [0.3, 0.4) is 0 Å². The molecule has 0 bridgehead atoms. The summed E-state index contributed by atoms with van der Waals surface area (Å²) in [7, 11) is 1.89. The summed E-state index contributed by atoms with van der Waals surface area (Å²) in [5.41, 5.74) is 9.13. The Morgan fingerprint density at radius 3 is 2.74 bits per heavy atom. The Morgan fingerprint density at radius 1 is 1.17 bits per heavy atom. The molecule has 0 radical (unpaired) electrons. The monoisotopic (exact) mass is 312 g/mol. The highest BCUT2D eigenvalue weighted by molar-refractivity contribution is 5.42. The molecular formula is C20H28N2O. The first kappa shape index (κ1) is 15.3. The third kappa shape index (κ3) is 1.98. The van der Waals surface area contributed by atoms with Crippen LogP contribution < -0.4 is 0 Å². The lowest BCUT2D eigenvalue weighted by Gasteiger charge is -2.54. The summed E-state index contributed by atoms with van der Waals surface area (Å²) in [6.07, 6.45) is 16.9. The van der Waals surface area contributed by atoms with Gasteiger partial charge in [0.15, 0.2) is 0 Å². The molecule has 23 heavy (non-hydrogen) atoms. The fraction of sp³-hybridized carbons (Fsp3) is 0.700. The van der Waals surface area contributed by atoms with Crippen LogP contribution in [0.4, 0.5) is 0 Å². The molecule has 2 saturated carbocycles. The molecule has 3 nitrogen and oxygen atoms in total. The van der Waals surface area contributed by atoms with Crippen molar-refractivity contribution >= 4 is 0 Å². The molecule has 4 aliphatic rings. The van der Waals surface area contributed by atoms with Crippen LogP contribution in [0.15, 0.2) is 41.1 Å². The lowest BCUT2D eigenvalue weighted by atomic mass is 9.50. The summed E-state index contributed by atoms with van der Waals surface area (Å²) < 4.78 is 5.84. The van der Waals surface area contributed by atoms with Crippen molar-refractivity contribution in [2.24, 2.45) is 33.7 Å². The van der Waals surface area contributed by atoms with E-state index in [1.807, 2.05) is 7.11 Å². The van der Waals surface area contributed by atoms with E-state index in [9.17, 15) is 0 Å². The zero-order chi connectivity index (χ0) is 16.2. The van der Waals surface area contributed by atoms with E-state index in [2.05, 4.69) is 49.3 Å². The average molecular weight is 312 g/mol. The van der Waals surface area contributed by atoms with E-state index < -0.39 is 0 Å². The van der Waals surface area contributed by atoms with E-state index in [1.165, 1.54) is 31.3 Å². The molecule has 4 rings (SSSR count). The molecule has 0 heterocycles. The Morgan fingerprint density at radius 2 is 2.00 bits per heavy atom. The van der Waals surface area contributed by atoms with E-state index in [0.717, 1.165) is 5.92 Å². The normalized spacial score (nSPS) is 50.7. The number of hydrogen-bond donors (Lipinski definition) is 1. The lowest BCUT2D eigenvalue weighted by Crippen LogP contribution is -2.49. The van der Waals surface area contributed by atoms with Gasteiger partial charge in [0.05, 0.1) is 6.10 Å². The van der Waals surface area contributed by atoms with E-state index in [1.54, 1.807) is 0 Å². The molecule has 4 aliphatic carbocycles. The highest BCUT2D eigenvalue weighted by atomic mass is 16.5. The van der Waals surface area contributed by atoms with Gasteiger partial charge in [0.2, 0.25) is 0 Å². The number of ether oxygens (including phenoxy) is 1. The maximum Gasteiger partial charge on any atom is 0.107 e. The van der Waals surface area contributed by atoms with Gasteiger partial charge in [0.25, 0.3) is 0 Å². The molecular weight excluding hydrogens is 284 g/mol. The van der Waals surface area contributed by atoms with Crippen LogP contribution in [0.1, 0.15) is 39.5 Å². The zero-order valence-corrected chi connectivity index (χ0v) is 14.5. The van der Waals surface area contributed by atoms with E-state index >= 15 is 0 Å². The first-order valence-electron chi connectivity index (χ1n) is 9.02. The molecule has 1 N–H and O–H groups in total. The molecule has 7 atom stereocenters. The standard InChI is InChI=1S/C20H28N2O/c1-19-10-8-14(22-21)12-13(19)4-5-15-16-6-7-18(23-3)20(16,2)11-9-17(15)19/h4-5,8,10,12,14-18,21H,6-7,9,11H2,1-3H3/t14?,15-,16-,17-,18+,19-,20-/m0/s1. The molecule has 1 unspecified atom stereocenters. The van der Waals surface area contributed by atoms with Crippen molar-refractivity contribution in [2.45, 2.75) is 51.7 Å². The summed E-state index contributed by atoms with van der Waals surface area (Å²) in [4.78, 5) is 0. The molecule has 0 amide bonds. The van der Waals surface area contributed by atoms with Crippen molar-refractivity contribution in [3.05, 3.63) is 36.0 Å². The minimum absolute atomic E-state index is 0.0718. The first-order chi connectivity index (χ1) is 11.0. The second-order valence-corrected chi connectivity index (χ2v) is 8.38. The smallest absolute Gasteiger partial charge is 0.107 e. The van der Waals surface area contributed by atoms with E-state index in [0.29, 0.717) is 23.4 Å².